The molecule has 0 aliphatic rings. The Labute approximate surface area is 69.5 Å². The lowest BCUT2D eigenvalue weighted by molar-refractivity contribution is -0.118. The molecule has 0 fully saturated rings. The molecule has 0 aromatic carbocycles. The molecule has 0 bridgehead atoms. The third-order valence-corrected chi connectivity index (χ3v) is 1.60. The average molecular weight is 168 g/mol. The molecule has 58 valence electrons. The van der Waals surface area contributed by atoms with E-state index < -0.39 is 0 Å². The fraction of sp³-hybridized carbons (Fsp3) is 0.143. The van der Waals surface area contributed by atoms with Crippen molar-refractivity contribution in [3.05, 3.63) is 29.0 Å². The van der Waals surface area contributed by atoms with E-state index in [1.165, 1.54) is 0 Å². The van der Waals surface area contributed by atoms with Crippen molar-refractivity contribution in [3.63, 3.8) is 0 Å². The molecule has 0 saturated carbocycles. The van der Waals surface area contributed by atoms with Gasteiger partial charge in [0.2, 0.25) is 5.91 Å². The van der Waals surface area contributed by atoms with Crippen molar-refractivity contribution in [3.8, 4) is 0 Å². The normalized spacial score (nSPS) is 9.45. The topological polar surface area (TPSA) is 48.0 Å². The summed E-state index contributed by atoms with van der Waals surface area (Å²) in [7, 11) is 0. The SMILES string of the molecule is NC(=O)Cn1ccccc1=S. The fourth-order valence-electron chi connectivity index (χ4n) is 0.759. The Kier molecular flexibility index (Phi) is 2.38. The molecule has 0 saturated heterocycles. The minimum atomic E-state index is -0.382. The maximum absolute atomic E-state index is 10.5. The zero-order chi connectivity index (χ0) is 8.27. The van der Waals surface area contributed by atoms with Crippen LogP contribution in [0.4, 0.5) is 0 Å². The van der Waals surface area contributed by atoms with Gasteiger partial charge in [0, 0.05) is 6.20 Å². The highest BCUT2D eigenvalue weighted by atomic mass is 32.1. The van der Waals surface area contributed by atoms with Crippen LogP contribution in [0.1, 0.15) is 0 Å². The lowest BCUT2D eigenvalue weighted by atomic mass is 10.4. The smallest absolute Gasteiger partial charge is 0.237 e. The van der Waals surface area contributed by atoms with Gasteiger partial charge >= 0.3 is 0 Å². The van der Waals surface area contributed by atoms with E-state index in [0.29, 0.717) is 4.64 Å². The van der Waals surface area contributed by atoms with Crippen LogP contribution in [0.25, 0.3) is 0 Å². The molecule has 1 aromatic heterocycles. The molecule has 0 unspecified atom stereocenters. The van der Waals surface area contributed by atoms with Gasteiger partial charge in [0.25, 0.3) is 0 Å². The van der Waals surface area contributed by atoms with Gasteiger partial charge in [-0.1, -0.05) is 18.3 Å². The first-order chi connectivity index (χ1) is 5.20. The van der Waals surface area contributed by atoms with E-state index in [1.54, 1.807) is 22.9 Å². The van der Waals surface area contributed by atoms with Gasteiger partial charge in [-0.2, -0.15) is 0 Å². The number of hydrogen-bond acceptors (Lipinski definition) is 2. The maximum Gasteiger partial charge on any atom is 0.237 e. The van der Waals surface area contributed by atoms with Crippen LogP contribution in [-0.2, 0) is 11.3 Å². The number of hydrogen-bond donors (Lipinski definition) is 1. The number of rotatable bonds is 2. The van der Waals surface area contributed by atoms with E-state index in [4.69, 9.17) is 18.0 Å². The Bertz CT molecular complexity index is 318. The molecule has 1 aromatic rings. The molecular weight excluding hydrogens is 160 g/mol. The highest BCUT2D eigenvalue weighted by molar-refractivity contribution is 7.71. The van der Waals surface area contributed by atoms with Crippen molar-refractivity contribution in [2.45, 2.75) is 6.54 Å². The van der Waals surface area contributed by atoms with Crippen LogP contribution in [0.5, 0.6) is 0 Å². The van der Waals surface area contributed by atoms with Crippen molar-refractivity contribution < 1.29 is 4.79 Å². The van der Waals surface area contributed by atoms with Gasteiger partial charge in [-0.15, -0.1) is 0 Å². The van der Waals surface area contributed by atoms with Gasteiger partial charge in [0.05, 0.1) is 0 Å². The van der Waals surface area contributed by atoms with Crippen LogP contribution in [0.2, 0.25) is 0 Å². The zero-order valence-electron chi connectivity index (χ0n) is 5.86. The summed E-state index contributed by atoms with van der Waals surface area (Å²) in [5.41, 5.74) is 4.99. The largest absolute Gasteiger partial charge is 0.368 e. The predicted molar refractivity (Wildman–Crippen MR) is 44.5 cm³/mol. The summed E-state index contributed by atoms with van der Waals surface area (Å²) in [6.07, 6.45) is 1.73. The van der Waals surface area contributed by atoms with Crippen LogP contribution in [0.15, 0.2) is 24.4 Å². The second kappa shape index (κ2) is 3.30. The van der Waals surface area contributed by atoms with E-state index in [0.717, 1.165) is 0 Å². The summed E-state index contributed by atoms with van der Waals surface area (Å²) in [4.78, 5) is 10.5. The number of carbonyl (C=O) groups excluding carboxylic acids is 1. The molecule has 1 amide bonds. The first-order valence-corrected chi connectivity index (χ1v) is 3.55. The highest BCUT2D eigenvalue weighted by Gasteiger charge is 1.94. The molecule has 2 N–H and O–H groups in total. The van der Waals surface area contributed by atoms with Crippen molar-refractivity contribution in [2.24, 2.45) is 5.73 Å². The van der Waals surface area contributed by atoms with Crippen LogP contribution < -0.4 is 5.73 Å². The molecule has 0 spiro atoms. The standard InChI is InChI=1S/C7H8N2OS/c8-6(10)5-9-4-2-1-3-7(9)11/h1-4H,5H2,(H2,8,10). The first kappa shape index (κ1) is 7.94. The van der Waals surface area contributed by atoms with Crippen LogP contribution in [-0.4, -0.2) is 10.5 Å². The van der Waals surface area contributed by atoms with Gasteiger partial charge < -0.3 is 10.3 Å². The van der Waals surface area contributed by atoms with Crippen molar-refractivity contribution in [2.75, 3.05) is 0 Å². The van der Waals surface area contributed by atoms with E-state index in [2.05, 4.69) is 0 Å². The molecule has 1 rings (SSSR count). The maximum atomic E-state index is 10.5. The molecule has 4 heteroatoms. The van der Waals surface area contributed by atoms with Gasteiger partial charge in [0.1, 0.15) is 11.2 Å². The monoisotopic (exact) mass is 168 g/mol. The second-order valence-corrected chi connectivity index (χ2v) is 2.55. The minimum Gasteiger partial charge on any atom is -0.368 e. The Hall–Kier alpha value is -1.16. The van der Waals surface area contributed by atoms with Crippen LogP contribution >= 0.6 is 12.2 Å². The van der Waals surface area contributed by atoms with E-state index >= 15 is 0 Å². The summed E-state index contributed by atoms with van der Waals surface area (Å²) < 4.78 is 2.24. The summed E-state index contributed by atoms with van der Waals surface area (Å²) in [6.45, 7) is 0.152. The van der Waals surface area contributed by atoms with E-state index in [9.17, 15) is 4.79 Å². The molecule has 1 heterocycles. The number of amides is 1. The summed E-state index contributed by atoms with van der Waals surface area (Å²) in [5, 5.41) is 0. The molecule has 0 aliphatic heterocycles. The molecule has 3 nitrogen and oxygen atoms in total. The van der Waals surface area contributed by atoms with Gasteiger partial charge in [-0.05, 0) is 12.1 Å². The lowest BCUT2D eigenvalue weighted by Crippen LogP contribution is -2.18. The van der Waals surface area contributed by atoms with E-state index in [1.807, 2.05) is 6.07 Å². The third-order valence-electron chi connectivity index (χ3n) is 1.23. The fourth-order valence-corrected chi connectivity index (χ4v) is 0.963. The van der Waals surface area contributed by atoms with Crippen LogP contribution in [0.3, 0.4) is 0 Å². The van der Waals surface area contributed by atoms with E-state index in [-0.39, 0.29) is 12.5 Å². The number of nitrogens with two attached hydrogens (primary N) is 1. The minimum absolute atomic E-state index is 0.152. The number of primary amides is 1. The third kappa shape index (κ3) is 2.16. The first-order valence-electron chi connectivity index (χ1n) is 3.14. The summed E-state index contributed by atoms with van der Waals surface area (Å²) in [5.74, 6) is -0.382. The van der Waals surface area contributed by atoms with Crippen molar-refractivity contribution >= 4 is 18.1 Å². The van der Waals surface area contributed by atoms with Crippen molar-refractivity contribution in [1.82, 2.24) is 4.57 Å². The number of nitrogens with zero attached hydrogens (tertiary/aromatic N) is 1. The van der Waals surface area contributed by atoms with Gasteiger partial charge in [-0.25, -0.2) is 0 Å². The molecule has 0 atom stereocenters. The predicted octanol–water partition coefficient (Wildman–Crippen LogP) is 0.703. The van der Waals surface area contributed by atoms with Gasteiger partial charge in [-0.3, -0.25) is 4.79 Å². The lowest BCUT2D eigenvalue weighted by Gasteiger charge is -2.01. The Morgan fingerprint density at radius 3 is 2.91 bits per heavy atom. The molecule has 0 aliphatic carbocycles. The number of carbonyl (C=O) groups is 1. The highest BCUT2D eigenvalue weighted by Crippen LogP contribution is 1.92. The van der Waals surface area contributed by atoms with Crippen molar-refractivity contribution in [1.29, 1.82) is 0 Å². The Morgan fingerprint density at radius 1 is 1.64 bits per heavy atom. The summed E-state index contributed by atoms with van der Waals surface area (Å²) in [6, 6.07) is 5.37. The molecule has 11 heavy (non-hydrogen) atoms. The Morgan fingerprint density at radius 2 is 2.36 bits per heavy atom. The Balaban J connectivity index is 2.95. The quantitative estimate of drug-likeness (QED) is 0.661. The second-order valence-electron chi connectivity index (χ2n) is 2.13. The number of aromatic nitrogens is 1. The van der Waals surface area contributed by atoms with Crippen LogP contribution in [0, 0.1) is 4.64 Å². The molecule has 0 radical (unpaired) electrons. The zero-order valence-corrected chi connectivity index (χ0v) is 6.67. The molecular formula is C7H8N2OS. The number of pyridine rings is 1. The average Bonchev–Trinajstić information content (AvgIpc) is 1.93. The van der Waals surface area contributed by atoms with Gasteiger partial charge in [0.15, 0.2) is 0 Å². The summed E-state index contributed by atoms with van der Waals surface area (Å²) >= 11 is 4.93.